The third-order valence-corrected chi connectivity index (χ3v) is 0.730. The van der Waals surface area contributed by atoms with Gasteiger partial charge in [0.15, 0.2) is 0 Å². The second-order valence-corrected chi connectivity index (χ2v) is 2.66. The summed E-state index contributed by atoms with van der Waals surface area (Å²) >= 11 is 0. The fourth-order valence-corrected chi connectivity index (χ4v) is 0.730. The molecule has 0 aromatic rings. The molecule has 0 rings (SSSR count). The van der Waals surface area contributed by atoms with Crippen molar-refractivity contribution in [2.75, 3.05) is 20.6 Å². The molecule has 0 N–H and O–H groups in total. The van der Waals surface area contributed by atoms with E-state index in [1.165, 1.54) is 6.54 Å². The first kappa shape index (κ1) is 16.7. The Kier molecular flexibility index (Phi) is 20.1. The lowest BCUT2D eigenvalue weighted by Gasteiger charge is -2.10. The van der Waals surface area contributed by atoms with Gasteiger partial charge in [-0.15, -0.1) is 0 Å². The Labute approximate surface area is 73.3 Å². The van der Waals surface area contributed by atoms with E-state index in [2.05, 4.69) is 32.8 Å². The minimum Gasteiger partial charge on any atom is -0.309 e. The van der Waals surface area contributed by atoms with Gasteiger partial charge in [-0.25, -0.2) is 0 Å². The fraction of sp³-hybridized carbons (Fsp3) is 1.00. The zero-order chi connectivity index (χ0) is 7.86. The highest BCUT2D eigenvalue weighted by Gasteiger charge is 1.92. The molecule has 0 bridgehead atoms. The van der Waals surface area contributed by atoms with Gasteiger partial charge in [0.2, 0.25) is 0 Å². The molecule has 66 valence electrons. The van der Waals surface area contributed by atoms with Crippen molar-refractivity contribution >= 4 is 13.5 Å². The Morgan fingerprint density at radius 3 is 1.40 bits per heavy atom. The zero-order valence-corrected chi connectivity index (χ0v) is 9.23. The number of hydrogen-bond acceptors (Lipinski definition) is 1. The molecule has 0 unspecified atom stereocenters. The maximum atomic E-state index is 2.22. The van der Waals surface area contributed by atoms with E-state index in [4.69, 9.17) is 0 Å². The van der Waals surface area contributed by atoms with Crippen molar-refractivity contribution in [3.8, 4) is 0 Å². The molecule has 10 heavy (non-hydrogen) atoms. The normalized spacial score (nSPS) is 8.40. The molecule has 0 fully saturated rings. The van der Waals surface area contributed by atoms with Crippen LogP contribution in [0.2, 0.25) is 0 Å². The van der Waals surface area contributed by atoms with Gasteiger partial charge in [-0.1, -0.05) is 27.7 Å². The first-order chi connectivity index (χ1) is 4.13. The minimum absolute atomic E-state index is 0. The third-order valence-electron chi connectivity index (χ3n) is 0.730. The first-order valence-corrected chi connectivity index (χ1v) is 3.77. The first-order valence-electron chi connectivity index (χ1n) is 3.77. The van der Waals surface area contributed by atoms with E-state index in [0.29, 0.717) is 0 Å². The molecule has 0 radical (unpaired) electrons. The van der Waals surface area contributed by atoms with E-state index >= 15 is 0 Å². The van der Waals surface area contributed by atoms with E-state index in [-0.39, 0.29) is 13.5 Å². The second kappa shape index (κ2) is 12.0. The van der Waals surface area contributed by atoms with Crippen molar-refractivity contribution in [1.82, 2.24) is 4.90 Å². The van der Waals surface area contributed by atoms with Crippen molar-refractivity contribution in [2.45, 2.75) is 27.7 Å². The van der Waals surface area contributed by atoms with Crippen LogP contribution in [0.1, 0.15) is 27.7 Å². The smallest absolute Gasteiger partial charge is 0.000172 e. The zero-order valence-electron chi connectivity index (χ0n) is 8.23. The summed E-state index contributed by atoms with van der Waals surface area (Å²) in [4.78, 5) is 2.20. The van der Waals surface area contributed by atoms with Crippen molar-refractivity contribution < 1.29 is 0 Å². The summed E-state index contributed by atoms with van der Waals surface area (Å²) in [5.41, 5.74) is 0. The quantitative estimate of drug-likeness (QED) is 0.607. The summed E-state index contributed by atoms with van der Waals surface area (Å²) in [6.45, 7) is 9.64. The summed E-state index contributed by atoms with van der Waals surface area (Å²) in [5.74, 6) is 0.801. The van der Waals surface area contributed by atoms with Crippen LogP contribution in [0, 0.1) is 5.92 Å². The largest absolute Gasteiger partial charge is 0.309 e. The molecule has 0 aromatic carbocycles. The number of nitrogens with zero attached hydrogens (tertiary/aromatic N) is 1. The second-order valence-electron chi connectivity index (χ2n) is 2.66. The highest BCUT2D eigenvalue weighted by Crippen LogP contribution is 1.90. The lowest BCUT2D eigenvalue weighted by atomic mass is 10.2. The number of hydrogen-bond donors (Lipinski definition) is 0. The van der Waals surface area contributed by atoms with Gasteiger partial charge in [0.1, 0.15) is 0 Å². The maximum Gasteiger partial charge on any atom is -0.000172 e. The van der Waals surface area contributed by atoms with Gasteiger partial charge in [0.05, 0.1) is 0 Å². The van der Waals surface area contributed by atoms with Crippen LogP contribution in [0.5, 0.6) is 0 Å². The van der Waals surface area contributed by atoms with Gasteiger partial charge in [0.25, 0.3) is 0 Å². The van der Waals surface area contributed by atoms with Crippen LogP contribution < -0.4 is 0 Å². The Bertz CT molecular complexity index is 38.5. The van der Waals surface area contributed by atoms with Crippen LogP contribution in [0.25, 0.3) is 0 Å². The Balaban J connectivity index is -0.000000149. The van der Waals surface area contributed by atoms with Gasteiger partial charge < -0.3 is 4.90 Å². The summed E-state index contributed by atoms with van der Waals surface area (Å²) < 4.78 is 0. The summed E-state index contributed by atoms with van der Waals surface area (Å²) in [5, 5.41) is 0. The van der Waals surface area contributed by atoms with Crippen LogP contribution in [0.3, 0.4) is 0 Å². The van der Waals surface area contributed by atoms with Gasteiger partial charge in [-0.2, -0.15) is 13.5 Å². The molecule has 0 aliphatic rings. The highest BCUT2D eigenvalue weighted by atomic mass is 32.1. The molecule has 0 aliphatic heterocycles. The molecule has 0 aromatic heterocycles. The average Bonchev–Trinajstić information content (AvgIpc) is 1.68. The summed E-state index contributed by atoms with van der Waals surface area (Å²) in [6.07, 6.45) is 0. The topological polar surface area (TPSA) is 3.24 Å². The van der Waals surface area contributed by atoms with Crippen molar-refractivity contribution in [3.05, 3.63) is 0 Å². The molecule has 1 nitrogen and oxygen atoms in total. The van der Waals surface area contributed by atoms with Gasteiger partial charge in [0, 0.05) is 0 Å². The third kappa shape index (κ3) is 23.9. The van der Waals surface area contributed by atoms with Gasteiger partial charge >= 0.3 is 0 Å². The van der Waals surface area contributed by atoms with Crippen LogP contribution in [0.4, 0.5) is 0 Å². The predicted molar refractivity (Wildman–Crippen MR) is 55.1 cm³/mol. The lowest BCUT2D eigenvalue weighted by molar-refractivity contribution is 0.354. The van der Waals surface area contributed by atoms with Crippen molar-refractivity contribution in [1.29, 1.82) is 0 Å². The summed E-state index contributed by atoms with van der Waals surface area (Å²) in [7, 11) is 4.19. The summed E-state index contributed by atoms with van der Waals surface area (Å²) in [6, 6.07) is 0. The van der Waals surface area contributed by atoms with Crippen LogP contribution in [-0.2, 0) is 0 Å². The molecular weight excluding hydrogens is 142 g/mol. The molecule has 2 heteroatoms. The number of rotatable bonds is 2. The van der Waals surface area contributed by atoms with E-state index in [1.54, 1.807) is 0 Å². The Hall–Kier alpha value is 0.310. The van der Waals surface area contributed by atoms with Crippen LogP contribution in [-0.4, -0.2) is 25.5 Å². The van der Waals surface area contributed by atoms with E-state index in [9.17, 15) is 0 Å². The molecule has 0 heterocycles. The minimum atomic E-state index is 0. The van der Waals surface area contributed by atoms with Crippen LogP contribution >= 0.6 is 13.5 Å². The maximum absolute atomic E-state index is 2.22. The monoisotopic (exact) mass is 165 g/mol. The Morgan fingerprint density at radius 2 is 1.40 bits per heavy atom. The molecule has 0 saturated carbocycles. The van der Waals surface area contributed by atoms with E-state index < -0.39 is 0 Å². The van der Waals surface area contributed by atoms with Gasteiger partial charge in [-0.05, 0) is 26.6 Å². The van der Waals surface area contributed by atoms with E-state index in [0.717, 1.165) is 5.92 Å². The van der Waals surface area contributed by atoms with Crippen LogP contribution in [0.15, 0.2) is 0 Å². The SMILES string of the molecule is CC.CC(C)CN(C)C.S. The van der Waals surface area contributed by atoms with Crippen molar-refractivity contribution in [2.24, 2.45) is 5.92 Å². The molecular formula is C8H23NS. The van der Waals surface area contributed by atoms with E-state index in [1.807, 2.05) is 13.8 Å². The molecule has 0 amide bonds. The molecule has 0 spiro atoms. The van der Waals surface area contributed by atoms with Crippen molar-refractivity contribution in [3.63, 3.8) is 0 Å². The fourth-order valence-electron chi connectivity index (χ4n) is 0.730. The molecule has 0 aliphatic carbocycles. The molecule has 0 saturated heterocycles. The predicted octanol–water partition coefficient (Wildman–Crippen LogP) is 2.34. The molecule has 0 atom stereocenters. The highest BCUT2D eigenvalue weighted by molar-refractivity contribution is 7.59. The van der Waals surface area contributed by atoms with Gasteiger partial charge in [-0.3, -0.25) is 0 Å². The average molecular weight is 165 g/mol. The standard InChI is InChI=1S/C6H15N.C2H6.H2S/c1-6(2)5-7(3)4;1-2;/h6H,5H2,1-4H3;1-2H3;1H2. The Morgan fingerprint density at radius 1 is 1.10 bits per heavy atom. The lowest BCUT2D eigenvalue weighted by Crippen LogP contribution is -2.17.